The molecule has 3 aromatic heterocycles. The molecule has 0 saturated heterocycles. The summed E-state index contributed by atoms with van der Waals surface area (Å²) in [6.45, 7) is 2.94. The van der Waals surface area contributed by atoms with E-state index in [4.69, 9.17) is 4.98 Å². The van der Waals surface area contributed by atoms with Crippen LogP contribution >= 0.6 is 0 Å². The first-order chi connectivity index (χ1) is 13.8. The Kier molecular flexibility index (Phi) is 4.01. The number of benzene rings is 2. The van der Waals surface area contributed by atoms with Gasteiger partial charge in [-0.1, -0.05) is 11.6 Å². The lowest BCUT2D eigenvalue weighted by Gasteiger charge is -2.06. The maximum atomic E-state index is 4.73. The van der Waals surface area contributed by atoms with E-state index in [1.165, 1.54) is 11.1 Å². The normalized spacial score (nSPS) is 11.3. The molecule has 0 radical (unpaired) electrons. The van der Waals surface area contributed by atoms with Crippen LogP contribution < -0.4 is 5.32 Å². The van der Waals surface area contributed by atoms with Gasteiger partial charge in [0.15, 0.2) is 5.82 Å². The average molecular weight is 368 g/mol. The highest BCUT2D eigenvalue weighted by Gasteiger charge is 2.13. The summed E-state index contributed by atoms with van der Waals surface area (Å²) in [6, 6.07) is 16.5. The average Bonchev–Trinajstić information content (AvgIpc) is 3.31. The van der Waals surface area contributed by atoms with Gasteiger partial charge in [-0.05, 0) is 61.4 Å². The molecule has 0 fully saturated rings. The maximum Gasteiger partial charge on any atom is 0.159 e. The second kappa shape index (κ2) is 6.81. The number of imidazole rings is 1. The van der Waals surface area contributed by atoms with Crippen molar-refractivity contribution in [2.75, 3.05) is 11.9 Å². The number of aromatic amines is 2. The summed E-state index contributed by atoms with van der Waals surface area (Å²) in [7, 11) is 0. The van der Waals surface area contributed by atoms with Gasteiger partial charge in [0.1, 0.15) is 5.69 Å². The Morgan fingerprint density at radius 2 is 1.86 bits per heavy atom. The Morgan fingerprint density at radius 3 is 2.75 bits per heavy atom. The van der Waals surface area contributed by atoms with Crippen LogP contribution in [0.4, 0.5) is 5.69 Å². The van der Waals surface area contributed by atoms with E-state index in [0.29, 0.717) is 0 Å². The largest absolute Gasteiger partial charge is 0.385 e. The van der Waals surface area contributed by atoms with E-state index in [9.17, 15) is 0 Å². The van der Waals surface area contributed by atoms with Crippen LogP contribution in [-0.2, 0) is 6.42 Å². The van der Waals surface area contributed by atoms with Crippen LogP contribution in [-0.4, -0.2) is 31.7 Å². The number of hydrogen-bond donors (Lipinski definition) is 3. The number of aromatic nitrogens is 5. The summed E-state index contributed by atoms with van der Waals surface area (Å²) in [5, 5.41) is 12.1. The van der Waals surface area contributed by atoms with Gasteiger partial charge in [-0.25, -0.2) is 4.98 Å². The summed E-state index contributed by atoms with van der Waals surface area (Å²) >= 11 is 0. The van der Waals surface area contributed by atoms with Gasteiger partial charge >= 0.3 is 0 Å². The highest BCUT2D eigenvalue weighted by molar-refractivity contribution is 5.93. The van der Waals surface area contributed by atoms with Crippen molar-refractivity contribution in [3.63, 3.8) is 0 Å². The standard InChI is InChI=1S/C22H20N6/c1-14-2-4-18-17(12-14)21(28-27-18)22-25-19-5-3-16(13-20(19)26-22)24-11-8-15-6-9-23-10-7-15/h2-7,9-10,12-13,24H,8,11H2,1H3,(H,25,26)(H,27,28). The van der Waals surface area contributed by atoms with E-state index in [2.05, 4.69) is 62.7 Å². The Morgan fingerprint density at radius 1 is 0.964 bits per heavy atom. The Labute approximate surface area is 162 Å². The highest BCUT2D eigenvalue weighted by Crippen LogP contribution is 2.27. The quantitative estimate of drug-likeness (QED) is 0.428. The molecule has 5 rings (SSSR count). The third-order valence-electron chi connectivity index (χ3n) is 4.92. The first kappa shape index (κ1) is 16.5. The minimum atomic E-state index is 0.779. The fraction of sp³-hybridized carbons (Fsp3) is 0.136. The summed E-state index contributed by atoms with van der Waals surface area (Å²) < 4.78 is 0. The number of rotatable bonds is 5. The van der Waals surface area contributed by atoms with Gasteiger partial charge in [0, 0.05) is 30.0 Å². The minimum absolute atomic E-state index is 0.779. The molecule has 0 atom stereocenters. The molecule has 138 valence electrons. The van der Waals surface area contributed by atoms with Crippen molar-refractivity contribution in [1.82, 2.24) is 25.1 Å². The maximum absolute atomic E-state index is 4.73. The molecule has 6 heteroatoms. The molecule has 0 unspecified atom stereocenters. The molecule has 28 heavy (non-hydrogen) atoms. The van der Waals surface area contributed by atoms with Gasteiger partial charge in [0.2, 0.25) is 0 Å². The monoisotopic (exact) mass is 368 g/mol. The van der Waals surface area contributed by atoms with E-state index in [1.807, 2.05) is 30.6 Å². The second-order valence-corrected chi connectivity index (χ2v) is 6.97. The van der Waals surface area contributed by atoms with Crippen molar-refractivity contribution >= 4 is 27.6 Å². The second-order valence-electron chi connectivity index (χ2n) is 6.97. The van der Waals surface area contributed by atoms with Crippen LogP contribution in [0.15, 0.2) is 60.9 Å². The molecule has 5 aromatic rings. The zero-order chi connectivity index (χ0) is 18.9. The van der Waals surface area contributed by atoms with Crippen LogP contribution in [0.3, 0.4) is 0 Å². The van der Waals surface area contributed by atoms with E-state index < -0.39 is 0 Å². The van der Waals surface area contributed by atoms with Crippen molar-refractivity contribution in [3.8, 4) is 11.5 Å². The predicted molar refractivity (Wildman–Crippen MR) is 112 cm³/mol. The number of fused-ring (bicyclic) bond motifs is 2. The predicted octanol–water partition coefficient (Wildman–Crippen LogP) is 4.46. The summed E-state index contributed by atoms with van der Waals surface area (Å²) in [5.41, 5.74) is 7.33. The number of nitrogens with zero attached hydrogens (tertiary/aromatic N) is 3. The molecule has 3 N–H and O–H groups in total. The fourth-order valence-corrected chi connectivity index (χ4v) is 3.44. The van der Waals surface area contributed by atoms with Gasteiger partial charge in [0.25, 0.3) is 0 Å². The van der Waals surface area contributed by atoms with Crippen molar-refractivity contribution in [2.24, 2.45) is 0 Å². The molecule has 2 aromatic carbocycles. The lowest BCUT2D eigenvalue weighted by atomic mass is 10.1. The van der Waals surface area contributed by atoms with E-state index in [-0.39, 0.29) is 0 Å². The van der Waals surface area contributed by atoms with E-state index >= 15 is 0 Å². The number of H-pyrrole nitrogens is 2. The molecular formula is C22H20N6. The van der Waals surface area contributed by atoms with Crippen molar-refractivity contribution in [2.45, 2.75) is 13.3 Å². The SMILES string of the molecule is Cc1ccc2[nH]nc(-c3nc4ccc(NCCc5ccncc5)cc4[nH]3)c2c1. The Bertz CT molecular complexity index is 1250. The molecule has 3 heterocycles. The number of hydrogen-bond acceptors (Lipinski definition) is 4. The molecule has 6 nitrogen and oxygen atoms in total. The molecule has 0 bridgehead atoms. The van der Waals surface area contributed by atoms with Crippen LogP contribution in [0, 0.1) is 6.92 Å². The van der Waals surface area contributed by atoms with Gasteiger partial charge < -0.3 is 10.3 Å². The fourth-order valence-electron chi connectivity index (χ4n) is 3.44. The molecule has 0 aliphatic rings. The number of nitrogens with one attached hydrogen (secondary N) is 3. The topological polar surface area (TPSA) is 82.3 Å². The lowest BCUT2D eigenvalue weighted by molar-refractivity contribution is 1.01. The third-order valence-corrected chi connectivity index (χ3v) is 4.92. The first-order valence-electron chi connectivity index (χ1n) is 9.34. The van der Waals surface area contributed by atoms with Crippen LogP contribution in [0.25, 0.3) is 33.5 Å². The minimum Gasteiger partial charge on any atom is -0.385 e. The van der Waals surface area contributed by atoms with Crippen molar-refractivity contribution in [1.29, 1.82) is 0 Å². The van der Waals surface area contributed by atoms with Crippen LogP contribution in [0.5, 0.6) is 0 Å². The van der Waals surface area contributed by atoms with Gasteiger partial charge in [0.05, 0.1) is 16.6 Å². The van der Waals surface area contributed by atoms with E-state index in [0.717, 1.165) is 52.1 Å². The van der Waals surface area contributed by atoms with Gasteiger partial charge in [-0.2, -0.15) is 5.10 Å². The number of aryl methyl sites for hydroxylation is 1. The van der Waals surface area contributed by atoms with Gasteiger partial charge in [-0.3, -0.25) is 10.1 Å². The van der Waals surface area contributed by atoms with E-state index in [1.54, 1.807) is 0 Å². The molecule has 0 aliphatic heterocycles. The molecule has 0 spiro atoms. The Balaban J connectivity index is 1.39. The molecule has 0 amide bonds. The van der Waals surface area contributed by atoms with Crippen molar-refractivity contribution < 1.29 is 0 Å². The summed E-state index contributed by atoms with van der Waals surface area (Å²) in [5.74, 6) is 0.779. The highest BCUT2D eigenvalue weighted by atomic mass is 15.1. The van der Waals surface area contributed by atoms with Gasteiger partial charge in [-0.15, -0.1) is 0 Å². The first-order valence-corrected chi connectivity index (χ1v) is 9.34. The molecular weight excluding hydrogens is 348 g/mol. The zero-order valence-corrected chi connectivity index (χ0v) is 15.5. The number of pyridine rings is 1. The van der Waals surface area contributed by atoms with Crippen molar-refractivity contribution in [3.05, 3.63) is 72.1 Å². The third kappa shape index (κ3) is 3.09. The molecule has 0 aliphatic carbocycles. The summed E-state index contributed by atoms with van der Waals surface area (Å²) in [6.07, 6.45) is 4.61. The molecule has 0 saturated carbocycles. The number of anilines is 1. The zero-order valence-electron chi connectivity index (χ0n) is 15.5. The smallest absolute Gasteiger partial charge is 0.159 e. The van der Waals surface area contributed by atoms with Crippen LogP contribution in [0.2, 0.25) is 0 Å². The lowest BCUT2D eigenvalue weighted by Crippen LogP contribution is -2.04. The Hall–Kier alpha value is -3.67. The summed E-state index contributed by atoms with van der Waals surface area (Å²) in [4.78, 5) is 12.2. The van der Waals surface area contributed by atoms with Crippen LogP contribution in [0.1, 0.15) is 11.1 Å².